The highest BCUT2D eigenvalue weighted by Gasteiger charge is 2.23. The van der Waals surface area contributed by atoms with E-state index in [0.717, 1.165) is 4.47 Å². The van der Waals surface area contributed by atoms with Gasteiger partial charge in [0.15, 0.2) is 9.84 Å². The second-order valence-corrected chi connectivity index (χ2v) is 8.44. The molecular weight excluding hydrogens is 346 g/mol. The quantitative estimate of drug-likeness (QED) is 0.654. The number of rotatable bonds is 4. The van der Waals surface area contributed by atoms with Crippen LogP contribution < -0.4 is 5.73 Å². The van der Waals surface area contributed by atoms with Gasteiger partial charge >= 0.3 is 5.97 Å². The average molecular weight is 364 g/mol. The average Bonchev–Trinajstić information content (AvgIpc) is 2.18. The smallest absolute Gasteiger partial charge is 0.321 e. The molecule has 1 rings (SSSR count). The van der Waals surface area contributed by atoms with E-state index in [2.05, 4.69) is 15.9 Å². The van der Waals surface area contributed by atoms with Crippen molar-refractivity contribution in [1.82, 2.24) is 0 Å². The summed E-state index contributed by atoms with van der Waals surface area (Å²) >= 11 is 3.25. The molecule has 0 aliphatic rings. The topological polar surface area (TPSA) is 86.5 Å². The lowest BCUT2D eigenvalue weighted by Crippen LogP contribution is -2.29. The van der Waals surface area contributed by atoms with Crippen LogP contribution in [0.25, 0.3) is 0 Å². The van der Waals surface area contributed by atoms with E-state index in [9.17, 15) is 13.2 Å². The van der Waals surface area contributed by atoms with Gasteiger partial charge < -0.3 is 10.5 Å². The van der Waals surface area contributed by atoms with Gasteiger partial charge in [-0.3, -0.25) is 4.79 Å². The molecule has 0 atom stereocenters. The van der Waals surface area contributed by atoms with E-state index in [1.165, 1.54) is 0 Å². The van der Waals surface area contributed by atoms with Gasteiger partial charge in [-0.2, -0.15) is 0 Å². The molecule has 0 fully saturated rings. The first-order chi connectivity index (χ1) is 8.98. The Morgan fingerprint density at radius 2 is 1.95 bits per heavy atom. The molecule has 0 aliphatic carbocycles. The Balaban J connectivity index is 2.78. The molecule has 0 saturated heterocycles. The summed E-state index contributed by atoms with van der Waals surface area (Å²) in [4.78, 5) is 11.6. The van der Waals surface area contributed by atoms with E-state index in [1.807, 2.05) is 0 Å². The third-order valence-electron chi connectivity index (χ3n) is 2.24. The summed E-state index contributed by atoms with van der Waals surface area (Å²) in [5.74, 6) is -1.70. The number of halogens is 1. The van der Waals surface area contributed by atoms with Crippen molar-refractivity contribution in [1.29, 1.82) is 0 Å². The maximum Gasteiger partial charge on any atom is 0.321 e. The van der Waals surface area contributed by atoms with Crippen molar-refractivity contribution in [3.8, 4) is 0 Å². The highest BCUT2D eigenvalue weighted by molar-refractivity contribution is 9.10. The van der Waals surface area contributed by atoms with Gasteiger partial charge in [-0.05, 0) is 38.5 Å². The first kappa shape index (κ1) is 17.0. The van der Waals surface area contributed by atoms with Crippen molar-refractivity contribution < 1.29 is 17.9 Å². The first-order valence-corrected chi connectivity index (χ1v) is 8.56. The van der Waals surface area contributed by atoms with Crippen molar-refractivity contribution in [3.05, 3.63) is 28.2 Å². The molecule has 0 saturated carbocycles. The minimum Gasteiger partial charge on any atom is -0.459 e. The fraction of sp³-hybridized carbons (Fsp3) is 0.462. The Bertz CT molecular complexity index is 605. The van der Waals surface area contributed by atoms with Crippen molar-refractivity contribution >= 4 is 37.4 Å². The van der Waals surface area contributed by atoms with E-state index < -0.39 is 27.2 Å². The monoisotopic (exact) mass is 363 g/mol. The molecule has 0 heterocycles. The number of carbonyl (C=O) groups is 1. The molecule has 1 aromatic carbocycles. The molecule has 0 bridgehead atoms. The molecule has 20 heavy (non-hydrogen) atoms. The number of hydrogen-bond acceptors (Lipinski definition) is 5. The molecule has 2 N–H and O–H groups in total. The summed E-state index contributed by atoms with van der Waals surface area (Å²) in [6.45, 7) is 5.05. The van der Waals surface area contributed by atoms with Crippen LogP contribution in [0.4, 0.5) is 5.69 Å². The Labute approximate surface area is 127 Å². The lowest BCUT2D eigenvalue weighted by molar-refractivity contribution is -0.151. The van der Waals surface area contributed by atoms with Crippen LogP contribution in [0.15, 0.2) is 22.7 Å². The molecule has 7 heteroatoms. The number of carbonyl (C=O) groups excluding carboxylic acids is 1. The molecule has 0 amide bonds. The van der Waals surface area contributed by atoms with Crippen molar-refractivity contribution in [2.45, 2.75) is 32.1 Å². The number of sulfone groups is 1. The molecule has 5 nitrogen and oxygen atoms in total. The van der Waals surface area contributed by atoms with Crippen LogP contribution in [0.1, 0.15) is 26.3 Å². The third-order valence-corrected chi connectivity index (χ3v) is 4.16. The standard InChI is InChI=1S/C13H18BrNO4S/c1-13(2,3)19-12(16)8-20(17,18)7-9-4-5-10(14)6-11(9)15/h4-6H,7-8,15H2,1-3H3. The summed E-state index contributed by atoms with van der Waals surface area (Å²) in [6, 6.07) is 4.94. The lowest BCUT2D eigenvalue weighted by Gasteiger charge is -2.19. The zero-order chi connectivity index (χ0) is 15.6. The summed E-state index contributed by atoms with van der Waals surface area (Å²) in [5, 5.41) is 0. The number of nitrogens with two attached hydrogens (primary N) is 1. The SMILES string of the molecule is CC(C)(C)OC(=O)CS(=O)(=O)Cc1ccc(Br)cc1N. The maximum absolute atomic E-state index is 12.0. The van der Waals surface area contributed by atoms with Crippen LogP contribution in [0, 0.1) is 0 Å². The summed E-state index contributed by atoms with van der Waals surface area (Å²) < 4.78 is 29.7. The van der Waals surface area contributed by atoms with E-state index >= 15 is 0 Å². The fourth-order valence-electron chi connectivity index (χ4n) is 1.54. The number of hydrogen-bond donors (Lipinski definition) is 1. The van der Waals surface area contributed by atoms with Gasteiger partial charge in [0.25, 0.3) is 0 Å². The summed E-state index contributed by atoms with van der Waals surface area (Å²) in [6.07, 6.45) is 0. The van der Waals surface area contributed by atoms with Crippen molar-refractivity contribution in [2.75, 3.05) is 11.5 Å². The molecule has 0 spiro atoms. The number of benzene rings is 1. The molecular formula is C13H18BrNO4S. The predicted molar refractivity (Wildman–Crippen MR) is 81.9 cm³/mol. The highest BCUT2D eigenvalue weighted by Crippen LogP contribution is 2.21. The van der Waals surface area contributed by atoms with Gasteiger partial charge in [0, 0.05) is 10.2 Å². The van der Waals surface area contributed by atoms with E-state index in [4.69, 9.17) is 10.5 Å². The van der Waals surface area contributed by atoms with Crippen LogP contribution in [-0.2, 0) is 25.1 Å². The molecule has 0 aromatic heterocycles. The normalized spacial score (nSPS) is 12.2. The number of nitrogen functional groups attached to an aromatic ring is 1. The Hall–Kier alpha value is -1.08. The van der Waals surface area contributed by atoms with Gasteiger partial charge in [-0.25, -0.2) is 8.42 Å². The fourth-order valence-corrected chi connectivity index (χ4v) is 3.17. The second kappa shape index (κ2) is 6.13. The Morgan fingerprint density at radius 3 is 2.45 bits per heavy atom. The van der Waals surface area contributed by atoms with E-state index in [1.54, 1.807) is 39.0 Å². The minimum absolute atomic E-state index is 0.286. The van der Waals surface area contributed by atoms with Gasteiger partial charge in [0.2, 0.25) is 0 Å². The predicted octanol–water partition coefficient (Wildman–Crippen LogP) is 2.29. The minimum atomic E-state index is -3.61. The Kier molecular flexibility index (Phi) is 5.21. The van der Waals surface area contributed by atoms with Gasteiger partial charge in [0.05, 0.1) is 5.75 Å². The maximum atomic E-state index is 12.0. The van der Waals surface area contributed by atoms with Gasteiger partial charge in [-0.15, -0.1) is 0 Å². The van der Waals surface area contributed by atoms with Crippen LogP contribution >= 0.6 is 15.9 Å². The van der Waals surface area contributed by atoms with Crippen LogP contribution in [-0.4, -0.2) is 25.7 Å². The number of anilines is 1. The van der Waals surface area contributed by atoms with Gasteiger partial charge in [0.1, 0.15) is 11.4 Å². The third kappa shape index (κ3) is 5.92. The zero-order valence-electron chi connectivity index (χ0n) is 11.6. The molecule has 112 valence electrons. The first-order valence-electron chi connectivity index (χ1n) is 5.95. The van der Waals surface area contributed by atoms with Crippen LogP contribution in [0.3, 0.4) is 0 Å². The van der Waals surface area contributed by atoms with Crippen LogP contribution in [0.5, 0.6) is 0 Å². The second-order valence-electron chi connectivity index (χ2n) is 5.46. The van der Waals surface area contributed by atoms with E-state index in [-0.39, 0.29) is 5.75 Å². The molecule has 0 radical (unpaired) electrons. The summed E-state index contributed by atoms with van der Waals surface area (Å²) in [5.41, 5.74) is 5.88. The lowest BCUT2D eigenvalue weighted by atomic mass is 10.2. The zero-order valence-corrected chi connectivity index (χ0v) is 14.0. The van der Waals surface area contributed by atoms with E-state index in [0.29, 0.717) is 11.3 Å². The van der Waals surface area contributed by atoms with Crippen molar-refractivity contribution in [2.24, 2.45) is 0 Å². The molecule has 1 aromatic rings. The van der Waals surface area contributed by atoms with Crippen molar-refractivity contribution in [3.63, 3.8) is 0 Å². The Morgan fingerprint density at radius 1 is 1.35 bits per heavy atom. The largest absolute Gasteiger partial charge is 0.459 e. The van der Waals surface area contributed by atoms with Gasteiger partial charge in [-0.1, -0.05) is 22.0 Å². The van der Waals surface area contributed by atoms with Crippen LogP contribution in [0.2, 0.25) is 0 Å². The summed E-state index contributed by atoms with van der Waals surface area (Å²) in [7, 11) is -3.61. The number of ether oxygens (including phenoxy) is 1. The molecule has 0 aliphatic heterocycles. The molecule has 0 unspecified atom stereocenters. The highest BCUT2D eigenvalue weighted by atomic mass is 79.9. The number of esters is 1.